The van der Waals surface area contributed by atoms with E-state index in [1.807, 2.05) is 12.1 Å². The molecule has 20 heavy (non-hydrogen) atoms. The first kappa shape index (κ1) is 16.0. The topological polar surface area (TPSA) is 35.2 Å². The van der Waals surface area contributed by atoms with Crippen LogP contribution in [0, 0.1) is 11.3 Å². The van der Waals surface area contributed by atoms with Gasteiger partial charge in [-0.05, 0) is 48.3 Å². The molecule has 0 saturated heterocycles. The fourth-order valence-corrected chi connectivity index (χ4v) is 3.99. The lowest BCUT2D eigenvalue weighted by molar-refractivity contribution is -0.0635. The van der Waals surface area contributed by atoms with Crippen molar-refractivity contribution < 1.29 is 4.74 Å². The van der Waals surface area contributed by atoms with Crippen LogP contribution in [0.4, 0.5) is 0 Å². The summed E-state index contributed by atoms with van der Waals surface area (Å²) in [6.45, 7) is 7.54. The van der Waals surface area contributed by atoms with Gasteiger partial charge >= 0.3 is 0 Å². The Morgan fingerprint density at radius 2 is 2.15 bits per heavy atom. The van der Waals surface area contributed by atoms with Gasteiger partial charge in [-0.25, -0.2) is 0 Å². The summed E-state index contributed by atoms with van der Waals surface area (Å²) in [6, 6.07) is 8.27. The summed E-state index contributed by atoms with van der Waals surface area (Å²) in [5, 5.41) is 0. The first-order valence-corrected chi connectivity index (χ1v) is 8.30. The van der Waals surface area contributed by atoms with E-state index in [2.05, 4.69) is 48.8 Å². The van der Waals surface area contributed by atoms with E-state index in [0.717, 1.165) is 28.8 Å². The highest BCUT2D eigenvalue weighted by Gasteiger charge is 2.33. The van der Waals surface area contributed by atoms with E-state index in [9.17, 15) is 0 Å². The van der Waals surface area contributed by atoms with Crippen LogP contribution >= 0.6 is 15.9 Å². The molecule has 0 aromatic heterocycles. The van der Waals surface area contributed by atoms with Crippen LogP contribution in [-0.2, 0) is 4.74 Å². The Kier molecular flexibility index (Phi) is 5.27. The molecule has 3 heteroatoms. The smallest absolute Gasteiger partial charge is 0.0951 e. The zero-order chi connectivity index (χ0) is 14.8. The number of rotatable bonds is 4. The molecule has 1 aromatic rings. The number of hydrogen-bond donors (Lipinski definition) is 1. The molecule has 0 spiro atoms. The van der Waals surface area contributed by atoms with Crippen molar-refractivity contribution >= 4 is 15.9 Å². The molecule has 0 aliphatic heterocycles. The van der Waals surface area contributed by atoms with Gasteiger partial charge in [0.2, 0.25) is 0 Å². The highest BCUT2D eigenvalue weighted by Crippen LogP contribution is 2.41. The van der Waals surface area contributed by atoms with Crippen LogP contribution in [0.15, 0.2) is 28.7 Å². The molecule has 112 valence electrons. The molecular formula is C17H26BrNO. The third kappa shape index (κ3) is 4.31. The molecule has 1 aliphatic rings. The number of halogens is 1. The van der Waals surface area contributed by atoms with Gasteiger partial charge in [0.1, 0.15) is 0 Å². The summed E-state index contributed by atoms with van der Waals surface area (Å²) in [7, 11) is 0. The number of ether oxygens (including phenoxy) is 1. The lowest BCUT2D eigenvalue weighted by atomic mass is 9.71. The minimum absolute atomic E-state index is 0.00130. The molecule has 0 amide bonds. The third-order valence-corrected chi connectivity index (χ3v) is 4.63. The van der Waals surface area contributed by atoms with Crippen LogP contribution in [0.1, 0.15) is 51.7 Å². The van der Waals surface area contributed by atoms with Crippen LogP contribution in [0.25, 0.3) is 0 Å². The summed E-state index contributed by atoms with van der Waals surface area (Å²) in [6.07, 6.45) is 3.88. The van der Waals surface area contributed by atoms with Crippen LogP contribution in [0.2, 0.25) is 0 Å². The Balaban J connectivity index is 2.06. The Morgan fingerprint density at radius 3 is 2.75 bits per heavy atom. The second-order valence-corrected chi connectivity index (χ2v) is 7.87. The first-order valence-electron chi connectivity index (χ1n) is 7.50. The summed E-state index contributed by atoms with van der Waals surface area (Å²) in [5.74, 6) is 0.727. The lowest BCUT2D eigenvalue weighted by Gasteiger charge is -2.40. The number of benzene rings is 1. The highest BCUT2D eigenvalue weighted by atomic mass is 79.9. The lowest BCUT2D eigenvalue weighted by Crippen LogP contribution is -2.34. The second-order valence-electron chi connectivity index (χ2n) is 6.95. The molecule has 2 rings (SSSR count). The first-order chi connectivity index (χ1) is 9.39. The molecule has 0 bridgehead atoms. The average Bonchev–Trinajstić information content (AvgIpc) is 2.33. The quantitative estimate of drug-likeness (QED) is 0.864. The Labute approximate surface area is 131 Å². The van der Waals surface area contributed by atoms with Crippen molar-refractivity contribution in [2.45, 2.75) is 52.2 Å². The van der Waals surface area contributed by atoms with Crippen molar-refractivity contribution in [3.05, 3.63) is 34.3 Å². The highest BCUT2D eigenvalue weighted by molar-refractivity contribution is 9.10. The normalized spacial score (nSPS) is 27.2. The summed E-state index contributed by atoms with van der Waals surface area (Å²) < 4.78 is 7.42. The molecule has 1 aliphatic carbocycles. The van der Waals surface area contributed by atoms with Gasteiger partial charge in [0, 0.05) is 11.0 Å². The van der Waals surface area contributed by atoms with Crippen LogP contribution < -0.4 is 5.73 Å². The molecule has 2 N–H and O–H groups in total. The van der Waals surface area contributed by atoms with Gasteiger partial charge in [0.05, 0.1) is 12.2 Å². The molecule has 1 fully saturated rings. The van der Waals surface area contributed by atoms with Crippen molar-refractivity contribution in [1.29, 1.82) is 0 Å². The molecule has 2 nitrogen and oxygen atoms in total. The van der Waals surface area contributed by atoms with Crippen molar-refractivity contribution in [2.75, 3.05) is 6.54 Å². The van der Waals surface area contributed by atoms with Crippen LogP contribution in [0.3, 0.4) is 0 Å². The average molecular weight is 340 g/mol. The minimum Gasteiger partial charge on any atom is -0.369 e. The summed E-state index contributed by atoms with van der Waals surface area (Å²) in [4.78, 5) is 0. The van der Waals surface area contributed by atoms with Gasteiger partial charge < -0.3 is 10.5 Å². The minimum atomic E-state index is -0.00130. The Hall–Kier alpha value is -0.380. The molecule has 0 radical (unpaired) electrons. The standard InChI is InChI=1S/C17H26BrNO/c1-12-7-15(10-17(2,3)9-12)20-16(11-19)13-5-4-6-14(18)8-13/h4-6,8,12,15-16H,7,9-11,19H2,1-3H3. The predicted molar refractivity (Wildman–Crippen MR) is 87.6 cm³/mol. The predicted octanol–water partition coefficient (Wildman–Crippen LogP) is 4.68. The van der Waals surface area contributed by atoms with Crippen LogP contribution in [-0.4, -0.2) is 12.6 Å². The van der Waals surface area contributed by atoms with E-state index in [4.69, 9.17) is 10.5 Å². The largest absolute Gasteiger partial charge is 0.369 e. The fourth-order valence-electron chi connectivity index (χ4n) is 3.57. The molecule has 1 aromatic carbocycles. The maximum Gasteiger partial charge on any atom is 0.0951 e. The zero-order valence-electron chi connectivity index (χ0n) is 12.7. The monoisotopic (exact) mass is 339 g/mol. The Morgan fingerprint density at radius 1 is 1.40 bits per heavy atom. The summed E-state index contributed by atoms with van der Waals surface area (Å²) >= 11 is 3.52. The van der Waals surface area contributed by atoms with Crippen molar-refractivity contribution in [3.63, 3.8) is 0 Å². The van der Waals surface area contributed by atoms with Gasteiger partial charge in [-0.15, -0.1) is 0 Å². The number of hydrogen-bond acceptors (Lipinski definition) is 2. The van der Waals surface area contributed by atoms with Crippen molar-refractivity contribution in [1.82, 2.24) is 0 Å². The molecule has 1 saturated carbocycles. The van der Waals surface area contributed by atoms with E-state index < -0.39 is 0 Å². The Bertz CT molecular complexity index is 446. The van der Waals surface area contributed by atoms with E-state index in [1.54, 1.807) is 0 Å². The third-order valence-electron chi connectivity index (χ3n) is 4.14. The second kappa shape index (κ2) is 6.59. The zero-order valence-corrected chi connectivity index (χ0v) is 14.3. The molecule has 3 unspecified atom stereocenters. The maximum absolute atomic E-state index is 6.34. The SMILES string of the molecule is CC1CC(OC(CN)c2cccc(Br)c2)CC(C)(C)C1. The van der Waals surface area contributed by atoms with E-state index >= 15 is 0 Å². The van der Waals surface area contributed by atoms with Gasteiger partial charge in [-0.2, -0.15) is 0 Å². The van der Waals surface area contributed by atoms with Gasteiger partial charge in [0.15, 0.2) is 0 Å². The maximum atomic E-state index is 6.34. The molecule has 0 heterocycles. The number of nitrogens with two attached hydrogens (primary N) is 1. The van der Waals surface area contributed by atoms with Gasteiger partial charge in [-0.3, -0.25) is 0 Å². The van der Waals surface area contributed by atoms with E-state index in [-0.39, 0.29) is 6.10 Å². The van der Waals surface area contributed by atoms with E-state index in [1.165, 1.54) is 6.42 Å². The van der Waals surface area contributed by atoms with Crippen molar-refractivity contribution in [3.8, 4) is 0 Å². The van der Waals surface area contributed by atoms with Crippen molar-refractivity contribution in [2.24, 2.45) is 17.1 Å². The fraction of sp³-hybridized carbons (Fsp3) is 0.647. The molecule has 3 atom stereocenters. The molecular weight excluding hydrogens is 314 g/mol. The summed E-state index contributed by atoms with van der Waals surface area (Å²) in [5.41, 5.74) is 7.47. The van der Waals surface area contributed by atoms with Gasteiger partial charge in [-0.1, -0.05) is 48.8 Å². The van der Waals surface area contributed by atoms with E-state index in [0.29, 0.717) is 18.1 Å². The van der Waals surface area contributed by atoms with Gasteiger partial charge in [0.25, 0.3) is 0 Å². The van der Waals surface area contributed by atoms with Crippen LogP contribution in [0.5, 0.6) is 0 Å².